The Hall–Kier alpha value is -1.60. The monoisotopic (exact) mass is 363 g/mol. The van der Waals surface area contributed by atoms with Gasteiger partial charge < -0.3 is 10.5 Å². The van der Waals surface area contributed by atoms with E-state index >= 15 is 0 Å². The van der Waals surface area contributed by atoms with Crippen molar-refractivity contribution in [3.63, 3.8) is 0 Å². The number of hydrogen-bond donors (Lipinski definition) is 1. The highest BCUT2D eigenvalue weighted by atomic mass is 79.9. The number of ether oxygens (including phenoxy) is 1. The third-order valence-electron chi connectivity index (χ3n) is 2.70. The molecule has 0 amide bonds. The maximum atomic E-state index is 13.2. The van der Waals surface area contributed by atoms with Gasteiger partial charge in [0, 0.05) is 6.54 Å². The molecule has 21 heavy (non-hydrogen) atoms. The van der Waals surface area contributed by atoms with Crippen LogP contribution in [0.2, 0.25) is 0 Å². The third-order valence-corrected chi connectivity index (χ3v) is 3.32. The zero-order valence-corrected chi connectivity index (χ0v) is 12.1. The Morgan fingerprint density at radius 1 is 1.10 bits per heavy atom. The first-order valence-corrected chi connectivity index (χ1v) is 6.63. The molecule has 0 bridgehead atoms. The number of hydrogen-bond acceptors (Lipinski definition) is 2. The van der Waals surface area contributed by atoms with Gasteiger partial charge in [-0.2, -0.15) is 13.2 Å². The van der Waals surface area contributed by atoms with Crippen molar-refractivity contribution in [1.82, 2.24) is 0 Å². The topological polar surface area (TPSA) is 35.2 Å². The summed E-state index contributed by atoms with van der Waals surface area (Å²) >= 11 is 3.24. The van der Waals surface area contributed by atoms with E-state index in [1.165, 1.54) is 0 Å². The quantitative estimate of drug-likeness (QED) is 0.790. The van der Waals surface area contributed by atoms with Crippen LogP contribution in [0.1, 0.15) is 11.1 Å². The highest BCUT2D eigenvalue weighted by Crippen LogP contribution is 2.36. The summed E-state index contributed by atoms with van der Waals surface area (Å²) in [6, 6.07) is 7.44. The lowest BCUT2D eigenvalue weighted by Crippen LogP contribution is -2.08. The van der Waals surface area contributed by atoms with E-state index in [1.807, 2.05) is 0 Å². The van der Waals surface area contributed by atoms with Crippen LogP contribution >= 0.6 is 15.9 Å². The number of benzene rings is 2. The maximum Gasteiger partial charge on any atom is 0.419 e. The minimum Gasteiger partial charge on any atom is -0.456 e. The first-order chi connectivity index (χ1) is 9.81. The van der Waals surface area contributed by atoms with Gasteiger partial charge in [0.15, 0.2) is 0 Å². The van der Waals surface area contributed by atoms with Crippen LogP contribution in [0.15, 0.2) is 40.9 Å². The van der Waals surface area contributed by atoms with Crippen molar-refractivity contribution in [2.24, 2.45) is 5.73 Å². The summed E-state index contributed by atoms with van der Waals surface area (Å²) in [5.41, 5.74) is 4.95. The molecule has 2 aromatic carbocycles. The number of rotatable bonds is 3. The summed E-state index contributed by atoms with van der Waals surface area (Å²) in [5.74, 6) is -1.13. The van der Waals surface area contributed by atoms with Gasteiger partial charge in [0.05, 0.1) is 10.0 Å². The van der Waals surface area contributed by atoms with Gasteiger partial charge in [-0.25, -0.2) is 4.39 Å². The van der Waals surface area contributed by atoms with Crippen molar-refractivity contribution < 1.29 is 22.3 Å². The van der Waals surface area contributed by atoms with Gasteiger partial charge in [-0.3, -0.25) is 0 Å². The molecule has 0 fully saturated rings. The Bertz CT molecular complexity index is 658. The lowest BCUT2D eigenvalue weighted by atomic mass is 10.2. The van der Waals surface area contributed by atoms with Gasteiger partial charge in [-0.15, -0.1) is 0 Å². The Kier molecular flexibility index (Phi) is 4.53. The Balaban J connectivity index is 2.32. The number of alkyl halides is 3. The summed E-state index contributed by atoms with van der Waals surface area (Å²) in [7, 11) is 0. The fourth-order valence-electron chi connectivity index (χ4n) is 1.67. The molecule has 0 aliphatic carbocycles. The fraction of sp³-hybridized carbons (Fsp3) is 0.143. The lowest BCUT2D eigenvalue weighted by Gasteiger charge is -2.12. The average Bonchev–Trinajstić information content (AvgIpc) is 2.41. The number of halogens is 5. The van der Waals surface area contributed by atoms with Crippen LogP contribution in [0.5, 0.6) is 11.5 Å². The molecule has 112 valence electrons. The molecule has 0 saturated heterocycles. The molecular weight excluding hydrogens is 354 g/mol. The molecule has 2 rings (SSSR count). The molecule has 0 heterocycles. The minimum atomic E-state index is -4.77. The summed E-state index contributed by atoms with van der Waals surface area (Å²) in [6.45, 7) is 0.327. The molecule has 2 aromatic rings. The van der Waals surface area contributed by atoms with Crippen LogP contribution in [-0.4, -0.2) is 0 Å². The molecule has 2 nitrogen and oxygen atoms in total. The Labute approximate surface area is 126 Å². The molecule has 0 aliphatic heterocycles. The summed E-state index contributed by atoms with van der Waals surface area (Å²) in [5, 5.41) is 0. The van der Waals surface area contributed by atoms with Gasteiger partial charge in [-0.1, -0.05) is 6.07 Å². The molecule has 0 aliphatic rings. The standard InChI is InChI=1S/C14H10BrF4NO/c15-11-5-8(7-20)1-4-13(11)21-9-2-3-12(16)10(6-9)14(17,18)19/h1-6H,7,20H2. The van der Waals surface area contributed by atoms with E-state index in [2.05, 4.69) is 15.9 Å². The predicted molar refractivity (Wildman–Crippen MR) is 73.5 cm³/mol. The zero-order chi connectivity index (χ0) is 15.6. The largest absolute Gasteiger partial charge is 0.456 e. The SMILES string of the molecule is NCc1ccc(Oc2ccc(F)c(C(F)(F)F)c2)c(Br)c1. The molecule has 0 spiro atoms. The van der Waals surface area contributed by atoms with Gasteiger partial charge in [0.1, 0.15) is 17.3 Å². The molecule has 0 unspecified atom stereocenters. The van der Waals surface area contributed by atoms with E-state index in [4.69, 9.17) is 10.5 Å². The first-order valence-electron chi connectivity index (χ1n) is 5.84. The molecule has 7 heteroatoms. The molecular formula is C14H10BrF4NO. The fourth-order valence-corrected chi connectivity index (χ4v) is 2.17. The van der Waals surface area contributed by atoms with Crippen molar-refractivity contribution >= 4 is 15.9 Å². The number of nitrogens with two attached hydrogens (primary N) is 1. The van der Waals surface area contributed by atoms with Crippen molar-refractivity contribution in [2.45, 2.75) is 12.7 Å². The van der Waals surface area contributed by atoms with E-state index in [-0.39, 0.29) is 5.75 Å². The minimum absolute atomic E-state index is 0.107. The molecule has 0 radical (unpaired) electrons. The van der Waals surface area contributed by atoms with Crippen molar-refractivity contribution in [2.75, 3.05) is 0 Å². The highest BCUT2D eigenvalue weighted by Gasteiger charge is 2.34. The van der Waals surface area contributed by atoms with Crippen LogP contribution in [0, 0.1) is 5.82 Å². The highest BCUT2D eigenvalue weighted by molar-refractivity contribution is 9.10. The summed E-state index contributed by atoms with van der Waals surface area (Å²) < 4.78 is 57.0. The zero-order valence-electron chi connectivity index (χ0n) is 10.5. The second kappa shape index (κ2) is 6.03. The van der Waals surface area contributed by atoms with Gasteiger partial charge in [0.2, 0.25) is 0 Å². The van der Waals surface area contributed by atoms with Gasteiger partial charge >= 0.3 is 6.18 Å². The van der Waals surface area contributed by atoms with E-state index in [0.717, 1.165) is 17.7 Å². The second-order valence-electron chi connectivity index (χ2n) is 4.21. The van der Waals surface area contributed by atoms with Crippen molar-refractivity contribution in [3.05, 3.63) is 57.8 Å². The predicted octanol–water partition coefficient (Wildman–Crippen LogP) is 4.86. The Morgan fingerprint density at radius 3 is 2.38 bits per heavy atom. The first kappa shape index (κ1) is 15.8. The third kappa shape index (κ3) is 3.74. The lowest BCUT2D eigenvalue weighted by molar-refractivity contribution is -0.140. The summed E-state index contributed by atoms with van der Waals surface area (Å²) in [6.07, 6.45) is -4.77. The molecule has 2 N–H and O–H groups in total. The van der Waals surface area contributed by atoms with Crippen molar-refractivity contribution in [3.8, 4) is 11.5 Å². The smallest absolute Gasteiger partial charge is 0.419 e. The van der Waals surface area contributed by atoms with E-state index in [9.17, 15) is 17.6 Å². The summed E-state index contributed by atoms with van der Waals surface area (Å²) in [4.78, 5) is 0. The molecule has 0 aromatic heterocycles. The van der Waals surface area contributed by atoms with E-state index < -0.39 is 17.6 Å². The molecule has 0 atom stereocenters. The van der Waals surface area contributed by atoms with Crippen LogP contribution < -0.4 is 10.5 Å². The normalized spacial score (nSPS) is 11.5. The van der Waals surface area contributed by atoms with Crippen LogP contribution in [0.4, 0.5) is 17.6 Å². The van der Waals surface area contributed by atoms with Gasteiger partial charge in [0.25, 0.3) is 0 Å². The average molecular weight is 364 g/mol. The van der Waals surface area contributed by atoms with Crippen molar-refractivity contribution in [1.29, 1.82) is 0 Å². The van der Waals surface area contributed by atoms with Crippen LogP contribution in [0.25, 0.3) is 0 Å². The molecule has 0 saturated carbocycles. The van der Waals surface area contributed by atoms with Crippen LogP contribution in [-0.2, 0) is 12.7 Å². The van der Waals surface area contributed by atoms with Crippen LogP contribution in [0.3, 0.4) is 0 Å². The second-order valence-corrected chi connectivity index (χ2v) is 5.06. The Morgan fingerprint density at radius 2 is 1.81 bits per heavy atom. The van der Waals surface area contributed by atoms with E-state index in [1.54, 1.807) is 18.2 Å². The van der Waals surface area contributed by atoms with E-state index in [0.29, 0.717) is 22.8 Å². The van der Waals surface area contributed by atoms with Gasteiger partial charge in [-0.05, 0) is 51.8 Å². The maximum absolute atomic E-state index is 13.2.